The summed E-state index contributed by atoms with van der Waals surface area (Å²) in [6.07, 6.45) is -0.102. The number of aliphatic hydroxyl groups excluding tert-OH is 1. The number of hydrogen-bond donors (Lipinski definition) is 1. The number of rotatable bonds is 5. The summed E-state index contributed by atoms with van der Waals surface area (Å²) < 4.78 is 18.2. The molecule has 6 heteroatoms. The van der Waals surface area contributed by atoms with Gasteiger partial charge in [0, 0.05) is 30.2 Å². The lowest BCUT2D eigenvalue weighted by Crippen LogP contribution is -2.38. The Morgan fingerprint density at radius 1 is 1.55 bits per heavy atom. The normalized spacial score (nSPS) is 22.9. The molecule has 1 saturated heterocycles. The van der Waals surface area contributed by atoms with E-state index in [9.17, 15) is 14.3 Å². The van der Waals surface area contributed by atoms with Crippen LogP contribution in [0.25, 0.3) is 0 Å². The molecule has 2 atom stereocenters. The van der Waals surface area contributed by atoms with Crippen LogP contribution in [-0.2, 0) is 9.53 Å². The fraction of sp³-hybridized carbons (Fsp3) is 0.500. The van der Waals surface area contributed by atoms with Crippen LogP contribution in [0, 0.1) is 5.82 Å². The summed E-state index contributed by atoms with van der Waals surface area (Å²) in [7, 11) is 1.35. The highest BCUT2D eigenvalue weighted by atomic mass is 32.2. The van der Waals surface area contributed by atoms with Crippen molar-refractivity contribution in [2.75, 3.05) is 26.0 Å². The van der Waals surface area contributed by atoms with Crippen LogP contribution in [0.3, 0.4) is 0 Å². The highest BCUT2D eigenvalue weighted by Crippen LogP contribution is 2.24. The van der Waals surface area contributed by atoms with E-state index >= 15 is 0 Å². The first-order valence-corrected chi connectivity index (χ1v) is 7.47. The molecule has 0 aliphatic carbocycles. The molecule has 1 aromatic rings. The van der Waals surface area contributed by atoms with E-state index < -0.39 is 12.1 Å². The van der Waals surface area contributed by atoms with E-state index in [0.29, 0.717) is 30.2 Å². The summed E-state index contributed by atoms with van der Waals surface area (Å²) >= 11 is 1.41. The molecule has 1 aromatic carbocycles. The zero-order chi connectivity index (χ0) is 14.5. The van der Waals surface area contributed by atoms with Crippen molar-refractivity contribution >= 4 is 17.7 Å². The minimum atomic E-state index is -0.502. The van der Waals surface area contributed by atoms with Crippen molar-refractivity contribution in [3.05, 3.63) is 30.1 Å². The largest absolute Gasteiger partial charge is 0.468 e. The molecular weight excluding hydrogens is 281 g/mol. The fourth-order valence-electron chi connectivity index (χ4n) is 2.34. The number of aliphatic hydroxyl groups is 1. The van der Waals surface area contributed by atoms with E-state index in [0.717, 1.165) is 0 Å². The number of carbonyl (C=O) groups excluding carboxylic acids is 1. The van der Waals surface area contributed by atoms with E-state index in [2.05, 4.69) is 0 Å². The van der Waals surface area contributed by atoms with Gasteiger partial charge in [-0.05, 0) is 12.1 Å². The van der Waals surface area contributed by atoms with Crippen LogP contribution in [0.1, 0.15) is 6.42 Å². The van der Waals surface area contributed by atoms with Gasteiger partial charge in [0.2, 0.25) is 0 Å². The average molecular weight is 299 g/mol. The fourth-order valence-corrected chi connectivity index (χ4v) is 3.27. The third-order valence-electron chi connectivity index (χ3n) is 3.33. The second-order valence-electron chi connectivity index (χ2n) is 4.70. The molecule has 0 saturated carbocycles. The van der Waals surface area contributed by atoms with Crippen molar-refractivity contribution in [3.8, 4) is 0 Å². The van der Waals surface area contributed by atoms with Gasteiger partial charge in [-0.2, -0.15) is 0 Å². The van der Waals surface area contributed by atoms with Gasteiger partial charge in [0.25, 0.3) is 0 Å². The number of ether oxygens (including phenoxy) is 1. The number of thioether (sulfide) groups is 1. The number of esters is 1. The highest BCUT2D eigenvalue weighted by molar-refractivity contribution is 7.99. The predicted octanol–water partition coefficient (Wildman–Crippen LogP) is 1.53. The van der Waals surface area contributed by atoms with Gasteiger partial charge in [-0.1, -0.05) is 12.1 Å². The van der Waals surface area contributed by atoms with Gasteiger partial charge in [-0.25, -0.2) is 4.39 Å². The molecule has 20 heavy (non-hydrogen) atoms. The Hall–Kier alpha value is -1.11. The SMILES string of the molecule is COC(=O)C1CC(O)CN1CCSc1ccccc1F. The third-order valence-corrected chi connectivity index (χ3v) is 4.36. The Balaban J connectivity index is 1.87. The number of nitrogens with zero attached hydrogens (tertiary/aromatic N) is 1. The number of methoxy groups -OCH3 is 1. The Bertz CT molecular complexity index is 471. The topological polar surface area (TPSA) is 49.8 Å². The molecule has 110 valence electrons. The molecule has 4 nitrogen and oxygen atoms in total. The predicted molar refractivity (Wildman–Crippen MR) is 75.1 cm³/mol. The minimum Gasteiger partial charge on any atom is -0.468 e. The summed E-state index contributed by atoms with van der Waals surface area (Å²) in [5.41, 5.74) is 0. The van der Waals surface area contributed by atoms with Gasteiger partial charge >= 0.3 is 5.97 Å². The van der Waals surface area contributed by atoms with E-state index in [-0.39, 0.29) is 11.8 Å². The molecule has 1 heterocycles. The minimum absolute atomic E-state index is 0.233. The van der Waals surface area contributed by atoms with E-state index in [1.807, 2.05) is 4.90 Å². The van der Waals surface area contributed by atoms with Gasteiger partial charge in [0.15, 0.2) is 0 Å². The molecule has 0 amide bonds. The molecule has 2 unspecified atom stereocenters. The maximum atomic E-state index is 13.5. The maximum absolute atomic E-state index is 13.5. The van der Waals surface area contributed by atoms with Gasteiger partial charge in [-0.3, -0.25) is 9.69 Å². The van der Waals surface area contributed by atoms with Crippen LogP contribution in [0.5, 0.6) is 0 Å². The molecule has 1 N–H and O–H groups in total. The summed E-state index contributed by atoms with van der Waals surface area (Å²) in [5, 5.41) is 9.66. The first-order valence-electron chi connectivity index (χ1n) is 6.49. The number of hydrogen-bond acceptors (Lipinski definition) is 5. The van der Waals surface area contributed by atoms with Crippen LogP contribution >= 0.6 is 11.8 Å². The second kappa shape index (κ2) is 7.06. The smallest absolute Gasteiger partial charge is 0.323 e. The highest BCUT2D eigenvalue weighted by Gasteiger charge is 2.36. The zero-order valence-corrected chi connectivity index (χ0v) is 12.1. The Morgan fingerprint density at radius 3 is 3.00 bits per heavy atom. The van der Waals surface area contributed by atoms with Crippen molar-refractivity contribution in [2.24, 2.45) is 0 Å². The molecule has 0 radical (unpaired) electrons. The van der Waals surface area contributed by atoms with Crippen molar-refractivity contribution in [3.63, 3.8) is 0 Å². The van der Waals surface area contributed by atoms with Crippen molar-refractivity contribution in [1.82, 2.24) is 4.90 Å². The number of carbonyl (C=O) groups is 1. The molecule has 1 aliphatic heterocycles. The standard InChI is InChI=1S/C14H18FNO3S/c1-19-14(18)12-8-10(17)9-16(12)6-7-20-13-5-3-2-4-11(13)15/h2-5,10,12,17H,6-9H2,1H3. The lowest BCUT2D eigenvalue weighted by Gasteiger charge is -2.21. The number of likely N-dealkylation sites (tertiary alicyclic amines) is 1. The van der Waals surface area contributed by atoms with Gasteiger partial charge < -0.3 is 9.84 Å². The van der Waals surface area contributed by atoms with E-state index in [1.54, 1.807) is 18.2 Å². The van der Waals surface area contributed by atoms with Gasteiger partial charge in [0.1, 0.15) is 11.9 Å². The molecule has 0 bridgehead atoms. The Labute approximate surface area is 121 Å². The van der Waals surface area contributed by atoms with E-state index in [1.165, 1.54) is 24.9 Å². The van der Waals surface area contributed by atoms with Crippen molar-refractivity contribution in [1.29, 1.82) is 0 Å². The lowest BCUT2D eigenvalue weighted by molar-refractivity contribution is -0.145. The van der Waals surface area contributed by atoms with Crippen LogP contribution in [0.4, 0.5) is 4.39 Å². The third kappa shape index (κ3) is 3.71. The summed E-state index contributed by atoms with van der Waals surface area (Å²) in [6, 6.07) is 6.22. The first-order chi connectivity index (χ1) is 9.61. The van der Waals surface area contributed by atoms with Crippen LogP contribution in [0.15, 0.2) is 29.2 Å². The summed E-state index contributed by atoms with van der Waals surface area (Å²) in [4.78, 5) is 14.1. The maximum Gasteiger partial charge on any atom is 0.323 e. The molecule has 0 aromatic heterocycles. The number of β-amino-alcohol motifs (C(OH)–C–C–N with tert-alkyl or cyclic N) is 1. The van der Waals surface area contributed by atoms with Crippen LogP contribution < -0.4 is 0 Å². The summed E-state index contributed by atoms with van der Waals surface area (Å²) in [5.74, 6) is 0.0992. The van der Waals surface area contributed by atoms with E-state index in [4.69, 9.17) is 4.74 Å². The molecule has 1 aliphatic rings. The average Bonchev–Trinajstić information content (AvgIpc) is 2.81. The van der Waals surface area contributed by atoms with Crippen LogP contribution in [-0.4, -0.2) is 54.1 Å². The molecule has 0 spiro atoms. The quantitative estimate of drug-likeness (QED) is 0.660. The number of benzene rings is 1. The molecule has 2 rings (SSSR count). The Kier molecular flexibility index (Phi) is 5.39. The number of halogens is 1. The van der Waals surface area contributed by atoms with Crippen LogP contribution in [0.2, 0.25) is 0 Å². The zero-order valence-electron chi connectivity index (χ0n) is 11.3. The molecule has 1 fully saturated rings. The van der Waals surface area contributed by atoms with Crippen molar-refractivity contribution in [2.45, 2.75) is 23.5 Å². The Morgan fingerprint density at radius 2 is 2.30 bits per heavy atom. The monoisotopic (exact) mass is 299 g/mol. The first kappa shape index (κ1) is 15.3. The lowest BCUT2D eigenvalue weighted by atomic mass is 10.2. The van der Waals surface area contributed by atoms with Gasteiger partial charge in [0.05, 0.1) is 13.2 Å². The molecular formula is C14H18FNO3S. The van der Waals surface area contributed by atoms with Crippen molar-refractivity contribution < 1.29 is 19.0 Å². The summed E-state index contributed by atoms with van der Waals surface area (Å²) in [6.45, 7) is 1.06. The van der Waals surface area contributed by atoms with Gasteiger partial charge in [-0.15, -0.1) is 11.8 Å². The second-order valence-corrected chi connectivity index (χ2v) is 5.84.